The highest BCUT2D eigenvalue weighted by molar-refractivity contribution is 5.98. The summed E-state index contributed by atoms with van der Waals surface area (Å²) in [7, 11) is 0. The van der Waals surface area contributed by atoms with E-state index in [1.54, 1.807) is 0 Å². The number of carbonyl (C=O) groups is 2. The van der Waals surface area contributed by atoms with Crippen LogP contribution in [0, 0.1) is 10.1 Å². The lowest BCUT2D eigenvalue weighted by Gasteiger charge is -2.20. The molecule has 0 unspecified atom stereocenters. The molecule has 0 aliphatic carbocycles. The molecule has 0 saturated carbocycles. The van der Waals surface area contributed by atoms with E-state index in [2.05, 4.69) is 4.98 Å². The van der Waals surface area contributed by atoms with Gasteiger partial charge in [0.05, 0.1) is 4.92 Å². The predicted octanol–water partition coefficient (Wildman–Crippen LogP) is 0.679. The highest BCUT2D eigenvalue weighted by Crippen LogP contribution is 2.23. The molecule has 2 heterocycles. The third-order valence-electron chi connectivity index (χ3n) is 2.98. The summed E-state index contributed by atoms with van der Waals surface area (Å²) in [5.41, 5.74) is -0.732. The van der Waals surface area contributed by atoms with Crippen LogP contribution in [-0.2, 0) is 4.79 Å². The van der Waals surface area contributed by atoms with E-state index < -0.39 is 28.5 Å². The molecule has 1 aliphatic rings. The predicted molar refractivity (Wildman–Crippen MR) is 62.6 cm³/mol. The lowest BCUT2D eigenvalue weighted by Crippen LogP contribution is -2.40. The number of aliphatic carboxylic acids is 1. The van der Waals surface area contributed by atoms with Gasteiger partial charge in [-0.15, -0.1) is 0 Å². The molecule has 1 aliphatic heterocycles. The summed E-state index contributed by atoms with van der Waals surface area (Å²) in [6, 6.07) is 1.59. The van der Waals surface area contributed by atoms with E-state index in [1.807, 2.05) is 0 Å². The molecule has 8 nitrogen and oxygen atoms in total. The highest BCUT2D eigenvalue weighted by atomic mass is 16.6. The van der Waals surface area contributed by atoms with Gasteiger partial charge in [-0.25, -0.2) is 9.78 Å². The first kappa shape index (κ1) is 12.9. The molecule has 1 saturated heterocycles. The van der Waals surface area contributed by atoms with Crippen LogP contribution < -0.4 is 0 Å². The Balaban J connectivity index is 2.34. The second-order valence-corrected chi connectivity index (χ2v) is 4.12. The number of aromatic nitrogens is 1. The van der Waals surface area contributed by atoms with E-state index in [0.717, 1.165) is 4.90 Å². The molecule has 0 radical (unpaired) electrons. The van der Waals surface area contributed by atoms with Gasteiger partial charge in [0.15, 0.2) is 0 Å². The number of carbonyl (C=O) groups excluding carboxylic acids is 1. The number of rotatable bonds is 3. The number of carboxylic acids is 1. The van der Waals surface area contributed by atoms with Crippen molar-refractivity contribution in [3.05, 3.63) is 34.1 Å². The fraction of sp³-hybridized carbons (Fsp3) is 0.364. The van der Waals surface area contributed by atoms with Crippen LogP contribution in [0.2, 0.25) is 0 Å². The van der Waals surface area contributed by atoms with Crippen LogP contribution >= 0.6 is 0 Å². The molecule has 1 atom stereocenters. The minimum atomic E-state index is -1.11. The molecule has 19 heavy (non-hydrogen) atoms. The number of nitro groups is 1. The second-order valence-electron chi connectivity index (χ2n) is 4.12. The first-order chi connectivity index (χ1) is 9.02. The third-order valence-corrected chi connectivity index (χ3v) is 2.98. The summed E-state index contributed by atoms with van der Waals surface area (Å²) in [4.78, 5) is 38.2. The maximum Gasteiger partial charge on any atom is 0.326 e. The summed E-state index contributed by atoms with van der Waals surface area (Å²) in [5, 5.41) is 19.8. The molecule has 0 spiro atoms. The monoisotopic (exact) mass is 265 g/mol. The Bertz CT molecular complexity index is 545. The molecule has 2 rings (SSSR count). The van der Waals surface area contributed by atoms with Gasteiger partial charge < -0.3 is 10.0 Å². The van der Waals surface area contributed by atoms with E-state index in [9.17, 15) is 19.7 Å². The quantitative estimate of drug-likeness (QED) is 0.635. The zero-order chi connectivity index (χ0) is 14.0. The average Bonchev–Trinajstić information content (AvgIpc) is 2.87. The molecule has 8 heteroatoms. The SMILES string of the molecule is O=C(O)[C@@H]1CCCN1C(=O)c1ncccc1[N+](=O)[O-]. The van der Waals surface area contributed by atoms with Gasteiger partial charge in [0, 0.05) is 18.8 Å². The van der Waals surface area contributed by atoms with Gasteiger partial charge >= 0.3 is 11.7 Å². The smallest absolute Gasteiger partial charge is 0.326 e. The Kier molecular flexibility index (Phi) is 3.41. The average molecular weight is 265 g/mol. The van der Waals surface area contributed by atoms with Crippen LogP contribution in [-0.4, -0.2) is 44.4 Å². The molecule has 1 amide bonds. The summed E-state index contributed by atoms with van der Waals surface area (Å²) in [6.45, 7) is 0.267. The van der Waals surface area contributed by atoms with Gasteiger partial charge in [-0.05, 0) is 18.9 Å². The van der Waals surface area contributed by atoms with Crippen molar-refractivity contribution < 1.29 is 19.6 Å². The number of pyridine rings is 1. The van der Waals surface area contributed by atoms with E-state index in [0.29, 0.717) is 12.8 Å². The van der Waals surface area contributed by atoms with Crippen molar-refractivity contribution in [3.8, 4) is 0 Å². The standard InChI is InChI=1S/C11H11N3O5/c15-10(13-6-2-4-8(13)11(16)17)9-7(14(18)19)3-1-5-12-9/h1,3,5,8H,2,4,6H2,(H,16,17)/t8-/m0/s1. The molecular weight excluding hydrogens is 254 g/mol. The Morgan fingerprint density at radius 3 is 2.89 bits per heavy atom. The molecule has 0 aromatic carbocycles. The van der Waals surface area contributed by atoms with Crippen molar-refractivity contribution >= 4 is 17.6 Å². The summed E-state index contributed by atoms with van der Waals surface area (Å²) < 4.78 is 0. The van der Waals surface area contributed by atoms with Crippen molar-refractivity contribution in [2.45, 2.75) is 18.9 Å². The van der Waals surface area contributed by atoms with Crippen molar-refractivity contribution in [1.29, 1.82) is 0 Å². The maximum atomic E-state index is 12.2. The van der Waals surface area contributed by atoms with E-state index >= 15 is 0 Å². The van der Waals surface area contributed by atoms with Gasteiger partial charge in [-0.2, -0.15) is 0 Å². The second kappa shape index (κ2) is 5.01. The van der Waals surface area contributed by atoms with Crippen molar-refractivity contribution in [2.75, 3.05) is 6.54 Å². The topological polar surface area (TPSA) is 114 Å². The molecular formula is C11H11N3O5. The Hall–Kier alpha value is -2.51. The first-order valence-electron chi connectivity index (χ1n) is 5.65. The van der Waals surface area contributed by atoms with Crippen LogP contribution in [0.4, 0.5) is 5.69 Å². The van der Waals surface area contributed by atoms with Gasteiger partial charge in [0.25, 0.3) is 5.91 Å². The van der Waals surface area contributed by atoms with Crippen LogP contribution in [0.5, 0.6) is 0 Å². The molecule has 1 aromatic rings. The van der Waals surface area contributed by atoms with E-state index in [4.69, 9.17) is 5.11 Å². The van der Waals surface area contributed by atoms with Crippen LogP contribution in [0.15, 0.2) is 18.3 Å². The van der Waals surface area contributed by atoms with Crippen LogP contribution in [0.1, 0.15) is 23.3 Å². The number of nitrogens with zero attached hydrogens (tertiary/aromatic N) is 3. The molecule has 1 N–H and O–H groups in total. The number of likely N-dealkylation sites (tertiary alicyclic amines) is 1. The lowest BCUT2D eigenvalue weighted by molar-refractivity contribution is -0.385. The Morgan fingerprint density at radius 2 is 2.26 bits per heavy atom. The fourth-order valence-electron chi connectivity index (χ4n) is 2.11. The minimum absolute atomic E-state index is 0.267. The third kappa shape index (κ3) is 2.37. The Morgan fingerprint density at radius 1 is 1.53 bits per heavy atom. The molecule has 100 valence electrons. The summed E-state index contributed by atoms with van der Waals surface area (Å²) in [5.74, 6) is -1.82. The first-order valence-corrected chi connectivity index (χ1v) is 5.65. The zero-order valence-corrected chi connectivity index (χ0v) is 9.85. The minimum Gasteiger partial charge on any atom is -0.480 e. The van der Waals surface area contributed by atoms with Gasteiger partial charge in [0.1, 0.15) is 6.04 Å². The van der Waals surface area contributed by atoms with Gasteiger partial charge in [-0.3, -0.25) is 14.9 Å². The normalized spacial score (nSPS) is 18.3. The van der Waals surface area contributed by atoms with E-state index in [-0.39, 0.29) is 12.2 Å². The number of hydrogen-bond acceptors (Lipinski definition) is 5. The zero-order valence-electron chi connectivity index (χ0n) is 9.85. The van der Waals surface area contributed by atoms with Gasteiger partial charge in [-0.1, -0.05) is 0 Å². The Labute approximate surface area is 107 Å². The largest absolute Gasteiger partial charge is 0.480 e. The van der Waals surface area contributed by atoms with Crippen LogP contribution in [0.25, 0.3) is 0 Å². The maximum absolute atomic E-state index is 12.2. The van der Waals surface area contributed by atoms with E-state index in [1.165, 1.54) is 18.3 Å². The summed E-state index contributed by atoms with van der Waals surface area (Å²) in [6.07, 6.45) is 2.18. The number of carboxylic acid groups (broad SMARTS) is 1. The van der Waals surface area contributed by atoms with Crippen molar-refractivity contribution in [3.63, 3.8) is 0 Å². The molecule has 1 aromatic heterocycles. The molecule has 1 fully saturated rings. The van der Waals surface area contributed by atoms with Crippen molar-refractivity contribution in [1.82, 2.24) is 9.88 Å². The van der Waals surface area contributed by atoms with Crippen LogP contribution in [0.3, 0.4) is 0 Å². The number of hydrogen-bond donors (Lipinski definition) is 1. The lowest BCUT2D eigenvalue weighted by atomic mass is 10.2. The van der Waals surface area contributed by atoms with Gasteiger partial charge in [0.2, 0.25) is 5.69 Å². The number of amides is 1. The highest BCUT2D eigenvalue weighted by Gasteiger charge is 2.37. The fourth-order valence-corrected chi connectivity index (χ4v) is 2.11. The van der Waals surface area contributed by atoms with Crippen molar-refractivity contribution in [2.24, 2.45) is 0 Å². The molecule has 0 bridgehead atoms. The summed E-state index contributed by atoms with van der Waals surface area (Å²) >= 11 is 0.